The Bertz CT molecular complexity index is 1610. The number of rotatable bonds is 8. The minimum atomic E-state index is -0.342. The summed E-state index contributed by atoms with van der Waals surface area (Å²) < 4.78 is 1.84. The van der Waals surface area contributed by atoms with Gasteiger partial charge in [-0.3, -0.25) is 0 Å². The number of hydrogen-bond acceptors (Lipinski definition) is 9. The first kappa shape index (κ1) is 24.0. The van der Waals surface area contributed by atoms with Gasteiger partial charge >= 0.3 is 0 Å². The molecule has 1 atom stereocenters. The number of fused-ring (bicyclic) bond motifs is 2. The fourth-order valence-corrected chi connectivity index (χ4v) is 4.29. The van der Waals surface area contributed by atoms with Crippen molar-refractivity contribution in [3.05, 3.63) is 66.0 Å². The zero-order valence-electron chi connectivity index (χ0n) is 21.1. The summed E-state index contributed by atoms with van der Waals surface area (Å²) in [6.45, 7) is 5.41. The molecule has 0 aliphatic heterocycles. The zero-order valence-corrected chi connectivity index (χ0v) is 21.1. The molecule has 37 heavy (non-hydrogen) atoms. The second-order valence-corrected chi connectivity index (χ2v) is 9.19. The van der Waals surface area contributed by atoms with Crippen molar-refractivity contribution < 1.29 is 5.11 Å². The van der Waals surface area contributed by atoms with Crippen molar-refractivity contribution in [2.45, 2.75) is 19.9 Å². The molecule has 0 unspecified atom stereocenters. The van der Waals surface area contributed by atoms with Crippen LogP contribution in [0.25, 0.3) is 16.6 Å². The van der Waals surface area contributed by atoms with Crippen molar-refractivity contribution in [1.82, 2.24) is 34.4 Å². The maximum atomic E-state index is 10.2. The number of phenols is 1. The zero-order chi connectivity index (χ0) is 26.1. The highest BCUT2D eigenvalue weighted by molar-refractivity contribution is 5.92. The number of nitriles is 1. The van der Waals surface area contributed by atoms with Crippen molar-refractivity contribution in [2.24, 2.45) is 0 Å². The molecule has 4 aromatic heterocycles. The molecule has 0 radical (unpaired) electrons. The molecule has 5 rings (SSSR count). The second-order valence-electron chi connectivity index (χ2n) is 9.19. The third kappa shape index (κ3) is 4.62. The van der Waals surface area contributed by atoms with Crippen LogP contribution < -0.4 is 10.2 Å². The van der Waals surface area contributed by atoms with Gasteiger partial charge in [-0.25, -0.2) is 19.5 Å². The highest BCUT2D eigenvalue weighted by Gasteiger charge is 2.22. The van der Waals surface area contributed by atoms with Gasteiger partial charge in [0.2, 0.25) is 0 Å². The summed E-state index contributed by atoms with van der Waals surface area (Å²) in [6.07, 6.45) is 4.99. The van der Waals surface area contributed by atoms with Crippen LogP contribution in [0.3, 0.4) is 0 Å². The standard InChI is InChI=1S/C26H28N10O/c1-16-8-9-36-22(16)26(35(11-10-34(3)4)19-6-5-7-20(37)12-19)32-23(33-36)17(2)31-25-21-18(13-27)14-28-24(21)29-15-30-25/h5-9,12,14-15,17,37H,10-11H2,1-4H3,(H2,28,29,30,31)/t17-/m0/s1. The van der Waals surface area contributed by atoms with Gasteiger partial charge in [-0.05, 0) is 51.7 Å². The molecule has 188 valence electrons. The Hall–Kier alpha value is -4.69. The summed E-state index contributed by atoms with van der Waals surface area (Å²) in [4.78, 5) is 20.9. The van der Waals surface area contributed by atoms with Crippen LogP contribution in [0.2, 0.25) is 0 Å². The number of phenolic OH excluding ortho intramolecular Hbond substituents is 1. The molecule has 0 saturated carbocycles. The molecule has 0 fully saturated rings. The Morgan fingerprint density at radius 1 is 1.22 bits per heavy atom. The van der Waals surface area contributed by atoms with Gasteiger partial charge in [-0.15, -0.1) is 0 Å². The summed E-state index contributed by atoms with van der Waals surface area (Å²) >= 11 is 0. The fourth-order valence-electron chi connectivity index (χ4n) is 4.29. The van der Waals surface area contributed by atoms with E-state index in [1.165, 1.54) is 6.33 Å². The summed E-state index contributed by atoms with van der Waals surface area (Å²) in [5.74, 6) is 2.00. The summed E-state index contributed by atoms with van der Waals surface area (Å²) in [5, 5.41) is 28.5. The van der Waals surface area contributed by atoms with Gasteiger partial charge in [-0.1, -0.05) is 6.07 Å². The van der Waals surface area contributed by atoms with Crippen LogP contribution in [0.4, 0.5) is 17.3 Å². The number of nitrogens with one attached hydrogen (secondary N) is 2. The number of aromatic nitrogens is 6. The third-order valence-electron chi connectivity index (χ3n) is 6.21. The molecule has 0 saturated heterocycles. The van der Waals surface area contributed by atoms with E-state index >= 15 is 0 Å². The first-order valence-corrected chi connectivity index (χ1v) is 11.9. The molecule has 0 aliphatic rings. The van der Waals surface area contributed by atoms with Crippen LogP contribution in [0.1, 0.15) is 29.9 Å². The molecule has 0 aliphatic carbocycles. The van der Waals surface area contributed by atoms with Gasteiger partial charge in [0, 0.05) is 37.2 Å². The molecule has 3 N–H and O–H groups in total. The van der Waals surface area contributed by atoms with Gasteiger partial charge in [0.05, 0.1) is 17.0 Å². The summed E-state index contributed by atoms with van der Waals surface area (Å²) in [5.41, 5.74) is 3.80. The highest BCUT2D eigenvalue weighted by Crippen LogP contribution is 2.33. The average Bonchev–Trinajstić information content (AvgIpc) is 3.48. The number of anilines is 3. The topological polar surface area (TPSA) is 134 Å². The molecule has 0 bridgehead atoms. The van der Waals surface area contributed by atoms with E-state index in [-0.39, 0.29) is 11.8 Å². The first-order valence-electron chi connectivity index (χ1n) is 11.9. The smallest absolute Gasteiger partial charge is 0.173 e. The van der Waals surface area contributed by atoms with Gasteiger partial charge < -0.3 is 25.2 Å². The quantitative estimate of drug-likeness (QED) is 0.293. The molecule has 11 heteroatoms. The van der Waals surface area contributed by atoms with E-state index in [4.69, 9.17) is 10.1 Å². The first-order chi connectivity index (χ1) is 17.9. The lowest BCUT2D eigenvalue weighted by Gasteiger charge is -2.27. The second kappa shape index (κ2) is 9.75. The van der Waals surface area contributed by atoms with E-state index in [1.54, 1.807) is 18.3 Å². The lowest BCUT2D eigenvalue weighted by atomic mass is 10.2. The normalized spacial score (nSPS) is 12.2. The van der Waals surface area contributed by atoms with E-state index in [2.05, 4.69) is 36.1 Å². The van der Waals surface area contributed by atoms with E-state index < -0.39 is 0 Å². The Balaban J connectivity index is 1.61. The Kier molecular flexibility index (Phi) is 6.33. The van der Waals surface area contributed by atoms with Crippen LogP contribution >= 0.6 is 0 Å². The lowest BCUT2D eigenvalue weighted by Crippen LogP contribution is -2.30. The van der Waals surface area contributed by atoms with Crippen LogP contribution in [0.15, 0.2) is 49.1 Å². The minimum absolute atomic E-state index is 0.187. The average molecular weight is 497 g/mol. The Labute approximate surface area is 214 Å². The molecular weight excluding hydrogens is 468 g/mol. The number of aromatic hydroxyl groups is 1. The molecule has 0 amide bonds. The molecule has 1 aromatic carbocycles. The molecule has 5 aromatic rings. The lowest BCUT2D eigenvalue weighted by molar-refractivity contribution is 0.418. The fraction of sp³-hybridized carbons (Fsp3) is 0.269. The van der Waals surface area contributed by atoms with E-state index in [1.807, 2.05) is 56.9 Å². The SMILES string of the molecule is Cc1ccn2nc([C@H](C)Nc3ncnc4[nH]cc(C#N)c34)nc(N(CCN(C)C)c3cccc(O)c3)c12. The number of benzene rings is 1. The monoisotopic (exact) mass is 496 g/mol. The molecular formula is C26H28N10O. The third-order valence-corrected chi connectivity index (χ3v) is 6.21. The maximum absolute atomic E-state index is 10.2. The number of likely N-dealkylation sites (N-methyl/N-ethyl adjacent to an activating group) is 1. The van der Waals surface area contributed by atoms with Crippen LogP contribution in [0, 0.1) is 18.3 Å². The van der Waals surface area contributed by atoms with E-state index in [0.29, 0.717) is 34.8 Å². The van der Waals surface area contributed by atoms with E-state index in [0.717, 1.165) is 29.1 Å². The van der Waals surface area contributed by atoms with Gasteiger partial charge in [0.1, 0.15) is 35.1 Å². The largest absolute Gasteiger partial charge is 0.508 e. The van der Waals surface area contributed by atoms with Crippen molar-refractivity contribution in [1.29, 1.82) is 5.26 Å². The number of nitrogens with zero attached hydrogens (tertiary/aromatic N) is 8. The number of aryl methyl sites for hydroxylation is 1. The van der Waals surface area contributed by atoms with Gasteiger partial charge in [0.25, 0.3) is 0 Å². The van der Waals surface area contributed by atoms with Crippen molar-refractivity contribution >= 4 is 33.9 Å². The predicted molar refractivity (Wildman–Crippen MR) is 142 cm³/mol. The Morgan fingerprint density at radius 2 is 2.05 bits per heavy atom. The van der Waals surface area contributed by atoms with Crippen LogP contribution in [-0.2, 0) is 0 Å². The van der Waals surface area contributed by atoms with Crippen LogP contribution in [-0.4, -0.2) is 66.7 Å². The minimum Gasteiger partial charge on any atom is -0.508 e. The summed E-state index contributed by atoms with van der Waals surface area (Å²) in [7, 11) is 4.05. The van der Waals surface area contributed by atoms with Crippen LogP contribution in [0.5, 0.6) is 5.75 Å². The molecule has 11 nitrogen and oxygen atoms in total. The highest BCUT2D eigenvalue weighted by atomic mass is 16.3. The maximum Gasteiger partial charge on any atom is 0.173 e. The number of H-pyrrole nitrogens is 1. The number of aromatic amines is 1. The van der Waals surface area contributed by atoms with E-state index in [9.17, 15) is 10.4 Å². The van der Waals surface area contributed by atoms with Crippen molar-refractivity contribution in [2.75, 3.05) is 37.4 Å². The van der Waals surface area contributed by atoms with Gasteiger partial charge in [-0.2, -0.15) is 10.4 Å². The van der Waals surface area contributed by atoms with Gasteiger partial charge in [0.15, 0.2) is 11.6 Å². The Morgan fingerprint density at radius 3 is 2.81 bits per heavy atom. The number of hydrogen-bond donors (Lipinski definition) is 3. The van der Waals surface area contributed by atoms with Crippen molar-refractivity contribution in [3.8, 4) is 11.8 Å². The molecule has 4 heterocycles. The predicted octanol–water partition coefficient (Wildman–Crippen LogP) is 3.76. The summed E-state index contributed by atoms with van der Waals surface area (Å²) in [6, 6.07) is 11.0. The van der Waals surface area contributed by atoms with Crippen molar-refractivity contribution in [3.63, 3.8) is 0 Å². The molecule has 0 spiro atoms.